The van der Waals surface area contributed by atoms with E-state index in [9.17, 15) is 0 Å². The maximum absolute atomic E-state index is 5.92. The normalized spacial score (nSPS) is 14.3. The first-order valence-electron chi connectivity index (χ1n) is 4.74. The van der Waals surface area contributed by atoms with Crippen molar-refractivity contribution in [3.8, 4) is 11.5 Å². The third kappa shape index (κ3) is 2.03. The molecule has 84 valence electrons. The molecule has 0 radical (unpaired) electrons. The summed E-state index contributed by atoms with van der Waals surface area (Å²) in [6, 6.07) is 4.08. The lowest BCUT2D eigenvalue weighted by atomic mass is 10.1. The van der Waals surface area contributed by atoms with Gasteiger partial charge in [-0.05, 0) is 25.0 Å². The fourth-order valence-electron chi connectivity index (χ4n) is 2.08. The SMILES string of the molecule is COc1ccc(OC)c2c1CC(N)C2.Cl. The number of hydrogen-bond donors (Lipinski definition) is 1. The molecule has 3 nitrogen and oxygen atoms in total. The standard InChI is InChI=1S/C11H15NO2.ClH/c1-13-10-3-4-11(14-2)9-6-7(12)5-8(9)10;/h3-4,7H,5-6,12H2,1-2H3;1H. The van der Waals surface area contributed by atoms with Gasteiger partial charge in [0.2, 0.25) is 0 Å². The van der Waals surface area contributed by atoms with Gasteiger partial charge in [0.05, 0.1) is 14.2 Å². The van der Waals surface area contributed by atoms with Crippen LogP contribution in [0.5, 0.6) is 11.5 Å². The summed E-state index contributed by atoms with van der Waals surface area (Å²) in [4.78, 5) is 0. The molecule has 0 saturated heterocycles. The summed E-state index contributed by atoms with van der Waals surface area (Å²) < 4.78 is 10.6. The molecule has 0 fully saturated rings. The molecule has 15 heavy (non-hydrogen) atoms. The molecule has 0 aliphatic heterocycles. The van der Waals surface area contributed by atoms with E-state index in [0.717, 1.165) is 24.3 Å². The Kier molecular flexibility index (Phi) is 3.83. The van der Waals surface area contributed by atoms with Gasteiger partial charge < -0.3 is 15.2 Å². The Morgan fingerprint density at radius 2 is 1.47 bits per heavy atom. The largest absolute Gasteiger partial charge is 0.496 e. The number of ether oxygens (including phenoxy) is 2. The maximum atomic E-state index is 5.92. The van der Waals surface area contributed by atoms with E-state index < -0.39 is 0 Å². The number of methoxy groups -OCH3 is 2. The van der Waals surface area contributed by atoms with Crippen LogP contribution in [0.4, 0.5) is 0 Å². The van der Waals surface area contributed by atoms with E-state index >= 15 is 0 Å². The molecule has 1 aliphatic carbocycles. The zero-order chi connectivity index (χ0) is 10.1. The van der Waals surface area contributed by atoms with Crippen LogP contribution in [0, 0.1) is 0 Å². The van der Waals surface area contributed by atoms with Crippen LogP contribution in [0.2, 0.25) is 0 Å². The molecule has 1 aliphatic rings. The summed E-state index contributed by atoms with van der Waals surface area (Å²) >= 11 is 0. The van der Waals surface area contributed by atoms with E-state index in [1.165, 1.54) is 11.1 Å². The van der Waals surface area contributed by atoms with Crippen LogP contribution in [0.15, 0.2) is 12.1 Å². The zero-order valence-electron chi connectivity index (χ0n) is 8.95. The van der Waals surface area contributed by atoms with Crippen molar-refractivity contribution in [1.29, 1.82) is 0 Å². The van der Waals surface area contributed by atoms with Crippen LogP contribution in [0.25, 0.3) is 0 Å². The molecule has 1 aromatic carbocycles. The van der Waals surface area contributed by atoms with Gasteiger partial charge in [-0.1, -0.05) is 0 Å². The second kappa shape index (κ2) is 4.73. The number of halogens is 1. The third-order valence-electron chi connectivity index (χ3n) is 2.72. The average molecular weight is 230 g/mol. The summed E-state index contributed by atoms with van der Waals surface area (Å²) in [7, 11) is 3.37. The van der Waals surface area contributed by atoms with Crippen molar-refractivity contribution < 1.29 is 9.47 Å². The highest BCUT2D eigenvalue weighted by Crippen LogP contribution is 2.36. The maximum Gasteiger partial charge on any atom is 0.122 e. The van der Waals surface area contributed by atoms with Crippen molar-refractivity contribution in [1.82, 2.24) is 0 Å². The van der Waals surface area contributed by atoms with Crippen molar-refractivity contribution in [2.24, 2.45) is 5.73 Å². The second-order valence-electron chi connectivity index (χ2n) is 3.60. The molecular weight excluding hydrogens is 214 g/mol. The van der Waals surface area contributed by atoms with Crippen molar-refractivity contribution in [3.05, 3.63) is 23.3 Å². The molecule has 1 aromatic rings. The van der Waals surface area contributed by atoms with Gasteiger partial charge in [-0.15, -0.1) is 12.4 Å². The topological polar surface area (TPSA) is 44.5 Å². The Balaban J connectivity index is 0.00000112. The van der Waals surface area contributed by atoms with Crippen LogP contribution in [0.3, 0.4) is 0 Å². The van der Waals surface area contributed by atoms with Crippen LogP contribution >= 0.6 is 12.4 Å². The highest BCUT2D eigenvalue weighted by molar-refractivity contribution is 5.85. The summed E-state index contributed by atoms with van der Waals surface area (Å²) in [5.41, 5.74) is 8.34. The number of hydrogen-bond acceptors (Lipinski definition) is 3. The van der Waals surface area contributed by atoms with Crippen molar-refractivity contribution in [3.63, 3.8) is 0 Å². The van der Waals surface area contributed by atoms with Gasteiger partial charge in [-0.2, -0.15) is 0 Å². The third-order valence-corrected chi connectivity index (χ3v) is 2.72. The summed E-state index contributed by atoms with van der Waals surface area (Å²) in [6.45, 7) is 0. The molecule has 0 heterocycles. The van der Waals surface area contributed by atoms with Gasteiger partial charge in [0.25, 0.3) is 0 Å². The van der Waals surface area contributed by atoms with Crippen molar-refractivity contribution in [2.75, 3.05) is 14.2 Å². The van der Waals surface area contributed by atoms with Gasteiger partial charge in [-0.3, -0.25) is 0 Å². The average Bonchev–Trinajstić information content (AvgIpc) is 2.57. The minimum absolute atomic E-state index is 0. The van der Waals surface area contributed by atoms with Gasteiger partial charge in [0, 0.05) is 17.2 Å². The number of rotatable bonds is 2. The van der Waals surface area contributed by atoms with Crippen LogP contribution in [-0.4, -0.2) is 20.3 Å². The molecule has 2 rings (SSSR count). The molecule has 0 saturated carbocycles. The molecule has 0 bridgehead atoms. The Labute approximate surface area is 96.0 Å². The molecule has 0 spiro atoms. The first-order valence-corrected chi connectivity index (χ1v) is 4.74. The van der Waals surface area contributed by atoms with Crippen molar-refractivity contribution in [2.45, 2.75) is 18.9 Å². The quantitative estimate of drug-likeness (QED) is 0.837. The molecule has 4 heteroatoms. The van der Waals surface area contributed by atoms with E-state index in [1.807, 2.05) is 12.1 Å². The lowest BCUT2D eigenvalue weighted by molar-refractivity contribution is 0.398. The summed E-state index contributed by atoms with van der Waals surface area (Å²) in [5.74, 6) is 1.85. The Hall–Kier alpha value is -0.930. The van der Waals surface area contributed by atoms with Gasteiger partial charge in [0.15, 0.2) is 0 Å². The molecule has 2 N–H and O–H groups in total. The predicted octanol–water partition coefficient (Wildman–Crippen LogP) is 1.55. The highest BCUT2D eigenvalue weighted by Gasteiger charge is 2.24. The Bertz CT molecular complexity index is 322. The van der Waals surface area contributed by atoms with Gasteiger partial charge in [-0.25, -0.2) is 0 Å². The van der Waals surface area contributed by atoms with E-state index in [0.29, 0.717) is 0 Å². The Morgan fingerprint density at radius 1 is 1.07 bits per heavy atom. The molecule has 0 amide bonds. The molecular formula is C11H16ClNO2. The molecule has 0 atom stereocenters. The van der Waals surface area contributed by atoms with Crippen molar-refractivity contribution >= 4 is 12.4 Å². The van der Waals surface area contributed by atoms with Gasteiger partial charge >= 0.3 is 0 Å². The van der Waals surface area contributed by atoms with E-state index in [2.05, 4.69) is 0 Å². The number of benzene rings is 1. The van der Waals surface area contributed by atoms with Crippen LogP contribution < -0.4 is 15.2 Å². The molecule has 0 aromatic heterocycles. The Morgan fingerprint density at radius 3 is 1.80 bits per heavy atom. The minimum Gasteiger partial charge on any atom is -0.496 e. The van der Waals surface area contributed by atoms with Crippen LogP contribution in [-0.2, 0) is 12.8 Å². The fraction of sp³-hybridized carbons (Fsp3) is 0.455. The smallest absolute Gasteiger partial charge is 0.122 e. The first kappa shape index (κ1) is 12.1. The fourth-order valence-corrected chi connectivity index (χ4v) is 2.08. The zero-order valence-corrected chi connectivity index (χ0v) is 9.76. The van der Waals surface area contributed by atoms with E-state index in [1.54, 1.807) is 14.2 Å². The summed E-state index contributed by atoms with van der Waals surface area (Å²) in [6.07, 6.45) is 1.77. The van der Waals surface area contributed by atoms with Crippen LogP contribution in [0.1, 0.15) is 11.1 Å². The number of nitrogens with two attached hydrogens (primary N) is 1. The number of fused-ring (bicyclic) bond motifs is 1. The highest BCUT2D eigenvalue weighted by atomic mass is 35.5. The first-order chi connectivity index (χ1) is 6.76. The predicted molar refractivity (Wildman–Crippen MR) is 62.2 cm³/mol. The monoisotopic (exact) mass is 229 g/mol. The molecule has 0 unspecified atom stereocenters. The van der Waals surface area contributed by atoms with E-state index in [4.69, 9.17) is 15.2 Å². The van der Waals surface area contributed by atoms with E-state index in [-0.39, 0.29) is 18.4 Å². The minimum atomic E-state index is 0. The second-order valence-corrected chi connectivity index (χ2v) is 3.60. The lowest BCUT2D eigenvalue weighted by Crippen LogP contribution is -2.19. The van der Waals surface area contributed by atoms with Gasteiger partial charge in [0.1, 0.15) is 11.5 Å². The lowest BCUT2D eigenvalue weighted by Gasteiger charge is -2.10. The summed E-state index contributed by atoms with van der Waals surface area (Å²) in [5, 5.41) is 0.